The van der Waals surface area contributed by atoms with Gasteiger partial charge in [-0.25, -0.2) is 0 Å². The maximum absolute atomic E-state index is 6.38. The van der Waals surface area contributed by atoms with E-state index in [2.05, 4.69) is 55.0 Å². The fourth-order valence-electron chi connectivity index (χ4n) is 3.04. The van der Waals surface area contributed by atoms with Gasteiger partial charge in [0, 0.05) is 38.8 Å². The molecule has 4 heteroatoms. The van der Waals surface area contributed by atoms with Gasteiger partial charge in [-0.15, -0.1) is 0 Å². The van der Waals surface area contributed by atoms with Crippen LogP contribution in [0, 0.1) is 5.92 Å². The van der Waals surface area contributed by atoms with Crippen molar-refractivity contribution in [2.45, 2.75) is 32.7 Å². The van der Waals surface area contributed by atoms with Crippen molar-refractivity contribution in [3.05, 3.63) is 29.8 Å². The second-order valence-electron chi connectivity index (χ2n) is 6.98. The van der Waals surface area contributed by atoms with E-state index in [0.717, 1.165) is 45.1 Å². The molecule has 0 aromatic heterocycles. The van der Waals surface area contributed by atoms with E-state index in [9.17, 15) is 0 Å². The summed E-state index contributed by atoms with van der Waals surface area (Å²) in [6.45, 7) is 10.7. The first kappa shape index (κ1) is 18.2. The Morgan fingerprint density at radius 1 is 1.13 bits per heavy atom. The average Bonchev–Trinajstić information content (AvgIpc) is 2.56. The third kappa shape index (κ3) is 6.13. The summed E-state index contributed by atoms with van der Waals surface area (Å²) in [4.78, 5) is 4.83. The van der Waals surface area contributed by atoms with Crippen molar-refractivity contribution in [3.8, 4) is 5.75 Å². The summed E-state index contributed by atoms with van der Waals surface area (Å²) in [6, 6.07) is 8.41. The van der Waals surface area contributed by atoms with Crippen molar-refractivity contribution in [1.29, 1.82) is 0 Å². The maximum Gasteiger partial charge on any atom is 0.119 e. The Kier molecular flexibility index (Phi) is 7.34. The average molecular weight is 319 g/mol. The quantitative estimate of drug-likeness (QED) is 0.800. The number of benzene rings is 1. The van der Waals surface area contributed by atoms with Crippen LogP contribution in [0.15, 0.2) is 24.3 Å². The molecule has 0 aliphatic carbocycles. The van der Waals surface area contributed by atoms with Crippen LogP contribution < -0.4 is 10.5 Å². The third-order valence-corrected chi connectivity index (χ3v) is 4.68. The maximum atomic E-state index is 6.38. The number of rotatable bonds is 8. The summed E-state index contributed by atoms with van der Waals surface area (Å²) >= 11 is 0. The summed E-state index contributed by atoms with van der Waals surface area (Å²) in [6.07, 6.45) is 2.43. The molecular weight excluding hydrogens is 286 g/mol. The van der Waals surface area contributed by atoms with Gasteiger partial charge >= 0.3 is 0 Å². The zero-order chi connectivity index (χ0) is 16.7. The molecule has 130 valence electrons. The number of nitrogens with zero attached hydrogens (tertiary/aromatic N) is 2. The van der Waals surface area contributed by atoms with Crippen molar-refractivity contribution < 1.29 is 4.74 Å². The highest BCUT2D eigenvalue weighted by Crippen LogP contribution is 2.19. The molecule has 0 saturated carbocycles. The number of ether oxygens (including phenoxy) is 1. The van der Waals surface area contributed by atoms with Crippen LogP contribution in [0.1, 0.15) is 38.3 Å². The van der Waals surface area contributed by atoms with Crippen molar-refractivity contribution in [2.75, 3.05) is 46.4 Å². The van der Waals surface area contributed by atoms with Gasteiger partial charge in [-0.3, -0.25) is 4.90 Å². The summed E-state index contributed by atoms with van der Waals surface area (Å²) in [5.41, 5.74) is 7.57. The zero-order valence-corrected chi connectivity index (χ0v) is 15.0. The largest absolute Gasteiger partial charge is 0.493 e. The van der Waals surface area contributed by atoms with Crippen molar-refractivity contribution in [1.82, 2.24) is 9.80 Å². The predicted molar refractivity (Wildman–Crippen MR) is 96.9 cm³/mol. The molecule has 1 aromatic carbocycles. The van der Waals surface area contributed by atoms with Crippen LogP contribution in [-0.2, 0) is 0 Å². The van der Waals surface area contributed by atoms with E-state index < -0.39 is 0 Å². The van der Waals surface area contributed by atoms with E-state index in [1.165, 1.54) is 18.4 Å². The van der Waals surface area contributed by atoms with E-state index >= 15 is 0 Å². The normalized spacial score (nSPS) is 19.5. The molecule has 1 aromatic rings. The smallest absolute Gasteiger partial charge is 0.119 e. The second-order valence-corrected chi connectivity index (χ2v) is 6.98. The standard InChI is InChI=1S/C19H33N3O/c1-4-5-16(2)15-23-18-8-6-17(7-9-18)19(20)14-22-12-10-21(3)11-13-22/h6-9,16,19H,4-5,10-15,20H2,1-3H3. The summed E-state index contributed by atoms with van der Waals surface area (Å²) in [5, 5.41) is 0. The summed E-state index contributed by atoms with van der Waals surface area (Å²) in [5.74, 6) is 1.56. The van der Waals surface area contributed by atoms with Crippen LogP contribution in [-0.4, -0.2) is 56.2 Å². The fraction of sp³-hybridized carbons (Fsp3) is 0.684. The molecule has 2 rings (SSSR count). The van der Waals surface area contributed by atoms with Crippen LogP contribution in [0.2, 0.25) is 0 Å². The lowest BCUT2D eigenvalue weighted by molar-refractivity contribution is 0.147. The lowest BCUT2D eigenvalue weighted by Gasteiger charge is -2.33. The Bertz CT molecular complexity index is 440. The van der Waals surface area contributed by atoms with Crippen LogP contribution in [0.4, 0.5) is 0 Å². The van der Waals surface area contributed by atoms with Gasteiger partial charge in [0.05, 0.1) is 6.61 Å². The number of hydrogen-bond acceptors (Lipinski definition) is 4. The van der Waals surface area contributed by atoms with Gasteiger partial charge in [0.15, 0.2) is 0 Å². The first-order chi connectivity index (χ1) is 11.1. The lowest BCUT2D eigenvalue weighted by Crippen LogP contribution is -2.46. The molecule has 1 heterocycles. The molecule has 2 atom stereocenters. The van der Waals surface area contributed by atoms with Crippen LogP contribution in [0.3, 0.4) is 0 Å². The molecule has 1 aliphatic heterocycles. The number of likely N-dealkylation sites (N-methyl/N-ethyl adjacent to an activating group) is 1. The van der Waals surface area contributed by atoms with Gasteiger partial charge in [0.1, 0.15) is 5.75 Å². The van der Waals surface area contributed by atoms with Crippen molar-refractivity contribution in [3.63, 3.8) is 0 Å². The van der Waals surface area contributed by atoms with Gasteiger partial charge < -0.3 is 15.4 Å². The van der Waals surface area contributed by atoms with Gasteiger partial charge in [0.2, 0.25) is 0 Å². The SMILES string of the molecule is CCCC(C)COc1ccc(C(N)CN2CCN(C)CC2)cc1. The minimum absolute atomic E-state index is 0.0754. The number of piperazine rings is 1. The Morgan fingerprint density at radius 2 is 1.78 bits per heavy atom. The molecular formula is C19H33N3O. The van der Waals surface area contributed by atoms with E-state index in [1.807, 2.05) is 0 Å². The van der Waals surface area contributed by atoms with Crippen molar-refractivity contribution >= 4 is 0 Å². The Labute approximate surface area is 141 Å². The first-order valence-corrected chi connectivity index (χ1v) is 8.97. The minimum Gasteiger partial charge on any atom is -0.493 e. The van der Waals surface area contributed by atoms with Gasteiger partial charge in [-0.2, -0.15) is 0 Å². The summed E-state index contributed by atoms with van der Waals surface area (Å²) < 4.78 is 5.86. The van der Waals surface area contributed by atoms with E-state index in [4.69, 9.17) is 10.5 Å². The van der Waals surface area contributed by atoms with Gasteiger partial charge in [-0.1, -0.05) is 32.4 Å². The Hall–Kier alpha value is -1.10. The lowest BCUT2D eigenvalue weighted by atomic mass is 10.1. The minimum atomic E-state index is 0.0754. The highest BCUT2D eigenvalue weighted by Gasteiger charge is 2.17. The molecule has 23 heavy (non-hydrogen) atoms. The van der Waals surface area contributed by atoms with Crippen LogP contribution in [0.5, 0.6) is 5.75 Å². The molecule has 1 fully saturated rings. The molecule has 1 saturated heterocycles. The van der Waals surface area contributed by atoms with E-state index in [1.54, 1.807) is 0 Å². The van der Waals surface area contributed by atoms with Crippen LogP contribution >= 0.6 is 0 Å². The molecule has 0 spiro atoms. The molecule has 0 radical (unpaired) electrons. The zero-order valence-electron chi connectivity index (χ0n) is 15.0. The van der Waals surface area contributed by atoms with Gasteiger partial charge in [0.25, 0.3) is 0 Å². The molecule has 2 unspecified atom stereocenters. The Balaban J connectivity index is 1.79. The molecule has 1 aliphatic rings. The topological polar surface area (TPSA) is 41.7 Å². The highest BCUT2D eigenvalue weighted by molar-refractivity contribution is 5.29. The predicted octanol–water partition coefficient (Wildman–Crippen LogP) is 2.75. The molecule has 0 amide bonds. The fourth-order valence-corrected chi connectivity index (χ4v) is 3.04. The van der Waals surface area contributed by atoms with Crippen LogP contribution in [0.25, 0.3) is 0 Å². The molecule has 4 nitrogen and oxygen atoms in total. The monoisotopic (exact) mass is 319 g/mol. The van der Waals surface area contributed by atoms with Gasteiger partial charge in [-0.05, 0) is 37.1 Å². The number of nitrogens with two attached hydrogens (primary N) is 1. The van der Waals surface area contributed by atoms with Crippen molar-refractivity contribution in [2.24, 2.45) is 11.7 Å². The first-order valence-electron chi connectivity index (χ1n) is 8.97. The Morgan fingerprint density at radius 3 is 2.39 bits per heavy atom. The van der Waals surface area contributed by atoms with E-state index in [0.29, 0.717) is 5.92 Å². The third-order valence-electron chi connectivity index (χ3n) is 4.68. The molecule has 0 bridgehead atoms. The molecule has 2 N–H and O–H groups in total. The second kappa shape index (κ2) is 9.26. The highest BCUT2D eigenvalue weighted by atomic mass is 16.5. The number of hydrogen-bond donors (Lipinski definition) is 1. The van der Waals surface area contributed by atoms with E-state index in [-0.39, 0.29) is 6.04 Å². The summed E-state index contributed by atoms with van der Waals surface area (Å²) in [7, 11) is 2.18.